The van der Waals surface area contributed by atoms with Crippen LogP contribution in [0.15, 0.2) is 18.2 Å². The van der Waals surface area contributed by atoms with E-state index in [0.717, 1.165) is 5.56 Å². The number of Topliss-reactive ketones (excluding diaryl/α,β-unsaturated/α-hetero) is 1. The Hall–Kier alpha value is -0.970. The van der Waals surface area contributed by atoms with Gasteiger partial charge in [-0.25, -0.2) is 0 Å². The van der Waals surface area contributed by atoms with Gasteiger partial charge in [0.25, 0.3) is 0 Å². The number of hydrogen-bond acceptors (Lipinski definition) is 2. The molecule has 0 saturated carbocycles. The Morgan fingerprint density at radius 2 is 2.20 bits per heavy atom. The number of fused-ring (bicyclic) bond motifs is 1. The highest BCUT2D eigenvalue weighted by atomic mass is 79.9. The predicted octanol–water partition coefficient (Wildman–Crippen LogP) is 2.79. The second kappa shape index (κ2) is 3.89. The molecule has 1 aliphatic rings. The quantitative estimate of drug-likeness (QED) is 0.777. The second-order valence-electron chi connectivity index (χ2n) is 3.23. The molecule has 1 atom stereocenters. The fourth-order valence-corrected chi connectivity index (χ4v) is 2.21. The molecule has 0 N–H and O–H groups in total. The first-order chi connectivity index (χ1) is 7.08. The molecule has 1 aliphatic carbocycles. The van der Waals surface area contributed by atoms with Gasteiger partial charge in [0.15, 0.2) is 5.78 Å². The lowest BCUT2D eigenvalue weighted by atomic mass is 10.1. The third-order valence-corrected chi connectivity index (χ3v) is 2.99. The summed E-state index contributed by atoms with van der Waals surface area (Å²) < 4.78 is 28.1. The van der Waals surface area contributed by atoms with Crippen molar-refractivity contribution in [2.24, 2.45) is 0 Å². The topological polar surface area (TPSA) is 26.3 Å². The molecule has 0 saturated heterocycles. The van der Waals surface area contributed by atoms with Crippen molar-refractivity contribution in [1.29, 1.82) is 0 Å². The molecule has 0 bridgehead atoms. The lowest BCUT2D eigenvalue weighted by Gasteiger charge is -2.05. The first kappa shape index (κ1) is 10.5. The summed E-state index contributed by atoms with van der Waals surface area (Å²) in [6.07, 6.45) is 0.522. The largest absolute Gasteiger partial charge is 0.435 e. The summed E-state index contributed by atoms with van der Waals surface area (Å²) in [5.74, 6) is 0.0896. The molecule has 0 amide bonds. The molecule has 1 aromatic rings. The van der Waals surface area contributed by atoms with Crippen molar-refractivity contribution in [2.75, 3.05) is 0 Å². The van der Waals surface area contributed by atoms with Crippen LogP contribution in [0.25, 0.3) is 0 Å². The summed E-state index contributed by atoms with van der Waals surface area (Å²) in [5, 5.41) is 0. The summed E-state index contributed by atoms with van der Waals surface area (Å²) in [6, 6.07) is 4.39. The average molecular weight is 277 g/mol. The molecule has 2 rings (SSSR count). The van der Waals surface area contributed by atoms with Gasteiger partial charge in [0, 0.05) is 5.56 Å². The van der Waals surface area contributed by atoms with E-state index in [9.17, 15) is 13.6 Å². The smallest absolute Gasteiger partial charge is 0.387 e. The van der Waals surface area contributed by atoms with Crippen LogP contribution in [0.5, 0.6) is 5.75 Å². The van der Waals surface area contributed by atoms with Gasteiger partial charge in [-0.15, -0.1) is 0 Å². The number of rotatable bonds is 2. The monoisotopic (exact) mass is 276 g/mol. The summed E-state index contributed by atoms with van der Waals surface area (Å²) in [5.41, 5.74) is 1.33. The minimum absolute atomic E-state index is 0.00593. The van der Waals surface area contributed by atoms with E-state index in [1.807, 2.05) is 0 Å². The van der Waals surface area contributed by atoms with Crippen LogP contribution < -0.4 is 4.74 Å². The number of hydrogen-bond donors (Lipinski definition) is 0. The average Bonchev–Trinajstić information content (AvgIpc) is 2.41. The molecule has 1 aromatic carbocycles. The number of carbonyl (C=O) groups is 1. The van der Waals surface area contributed by atoms with Crippen LogP contribution in [0.1, 0.15) is 15.9 Å². The fraction of sp³-hybridized carbons (Fsp3) is 0.300. The Balaban J connectivity index is 2.29. The Bertz CT molecular complexity index is 406. The molecule has 0 radical (unpaired) electrons. The highest BCUT2D eigenvalue weighted by Crippen LogP contribution is 2.30. The zero-order valence-electron chi connectivity index (χ0n) is 7.54. The van der Waals surface area contributed by atoms with E-state index in [4.69, 9.17) is 0 Å². The minimum Gasteiger partial charge on any atom is -0.435 e. The first-order valence-electron chi connectivity index (χ1n) is 4.34. The number of carbonyl (C=O) groups excluding carboxylic acids is 1. The van der Waals surface area contributed by atoms with Crippen molar-refractivity contribution in [3.63, 3.8) is 0 Å². The number of ether oxygens (including phenoxy) is 1. The van der Waals surface area contributed by atoms with E-state index in [2.05, 4.69) is 20.7 Å². The van der Waals surface area contributed by atoms with Crippen molar-refractivity contribution < 1.29 is 18.3 Å². The molecule has 15 heavy (non-hydrogen) atoms. The van der Waals surface area contributed by atoms with Crippen LogP contribution in [-0.2, 0) is 6.42 Å². The molecule has 1 unspecified atom stereocenters. The summed E-state index contributed by atoms with van der Waals surface area (Å²) in [7, 11) is 0. The zero-order valence-corrected chi connectivity index (χ0v) is 9.13. The highest BCUT2D eigenvalue weighted by Gasteiger charge is 2.28. The van der Waals surface area contributed by atoms with Crippen LogP contribution in [0, 0.1) is 0 Å². The lowest BCUT2D eigenvalue weighted by Crippen LogP contribution is -2.05. The van der Waals surface area contributed by atoms with Crippen LogP contribution in [0.3, 0.4) is 0 Å². The van der Waals surface area contributed by atoms with E-state index < -0.39 is 6.61 Å². The third-order valence-electron chi connectivity index (χ3n) is 2.25. The molecular formula is C10H7BrF2O2. The Kier molecular flexibility index (Phi) is 2.73. The van der Waals surface area contributed by atoms with Gasteiger partial charge in [-0.1, -0.05) is 15.9 Å². The van der Waals surface area contributed by atoms with Crippen molar-refractivity contribution >= 4 is 21.7 Å². The van der Waals surface area contributed by atoms with Crippen molar-refractivity contribution in [3.05, 3.63) is 29.3 Å². The molecule has 2 nitrogen and oxygen atoms in total. The van der Waals surface area contributed by atoms with Crippen LogP contribution in [0.4, 0.5) is 8.78 Å². The normalized spacial score (nSPS) is 19.5. The van der Waals surface area contributed by atoms with Gasteiger partial charge < -0.3 is 4.74 Å². The standard InChI is InChI=1S/C10H7BrF2O2/c11-8-4-5-3-6(15-10(12)13)1-2-7(5)9(8)14/h1-3,8,10H,4H2. The number of ketones is 1. The lowest BCUT2D eigenvalue weighted by molar-refractivity contribution is -0.0498. The summed E-state index contributed by atoms with van der Waals surface area (Å²) in [4.78, 5) is 11.3. The second-order valence-corrected chi connectivity index (χ2v) is 4.34. The first-order valence-corrected chi connectivity index (χ1v) is 5.25. The van der Waals surface area contributed by atoms with Gasteiger partial charge in [-0.05, 0) is 30.2 Å². The van der Waals surface area contributed by atoms with E-state index in [1.165, 1.54) is 18.2 Å². The number of alkyl halides is 3. The maximum Gasteiger partial charge on any atom is 0.387 e. The number of benzene rings is 1. The SMILES string of the molecule is O=C1c2ccc(OC(F)F)cc2CC1Br. The molecule has 0 fully saturated rings. The Labute approximate surface area is 93.4 Å². The van der Waals surface area contributed by atoms with Gasteiger partial charge in [0.2, 0.25) is 0 Å². The maximum absolute atomic E-state index is 11.9. The number of halogens is 3. The van der Waals surface area contributed by atoms with Gasteiger partial charge in [-0.3, -0.25) is 4.79 Å². The van der Waals surface area contributed by atoms with Gasteiger partial charge in [0.05, 0.1) is 4.83 Å². The third kappa shape index (κ3) is 2.02. The summed E-state index contributed by atoms with van der Waals surface area (Å²) in [6.45, 7) is -2.83. The predicted molar refractivity (Wildman–Crippen MR) is 53.8 cm³/mol. The molecule has 0 aliphatic heterocycles. The van der Waals surface area contributed by atoms with Crippen molar-refractivity contribution in [2.45, 2.75) is 17.9 Å². The zero-order chi connectivity index (χ0) is 11.0. The Morgan fingerprint density at radius 3 is 2.87 bits per heavy atom. The van der Waals surface area contributed by atoms with Crippen molar-refractivity contribution in [1.82, 2.24) is 0 Å². The van der Waals surface area contributed by atoms with Crippen LogP contribution in [-0.4, -0.2) is 17.2 Å². The van der Waals surface area contributed by atoms with E-state index in [-0.39, 0.29) is 16.4 Å². The van der Waals surface area contributed by atoms with E-state index in [0.29, 0.717) is 12.0 Å². The Morgan fingerprint density at radius 1 is 1.47 bits per heavy atom. The van der Waals surface area contributed by atoms with E-state index in [1.54, 1.807) is 0 Å². The van der Waals surface area contributed by atoms with Gasteiger partial charge in [-0.2, -0.15) is 8.78 Å². The molecule has 80 valence electrons. The van der Waals surface area contributed by atoms with Gasteiger partial charge in [0.1, 0.15) is 5.75 Å². The molecule has 5 heteroatoms. The van der Waals surface area contributed by atoms with Crippen LogP contribution >= 0.6 is 15.9 Å². The summed E-state index contributed by atoms with van der Waals surface area (Å²) >= 11 is 3.22. The maximum atomic E-state index is 11.9. The molecular weight excluding hydrogens is 270 g/mol. The molecule has 0 aromatic heterocycles. The minimum atomic E-state index is -2.83. The molecule has 0 heterocycles. The molecule has 0 spiro atoms. The van der Waals surface area contributed by atoms with Crippen LogP contribution in [0.2, 0.25) is 0 Å². The van der Waals surface area contributed by atoms with E-state index >= 15 is 0 Å². The highest BCUT2D eigenvalue weighted by molar-refractivity contribution is 9.10. The van der Waals surface area contributed by atoms with Gasteiger partial charge >= 0.3 is 6.61 Å². The van der Waals surface area contributed by atoms with Crippen molar-refractivity contribution in [3.8, 4) is 5.75 Å². The fourth-order valence-electron chi connectivity index (χ4n) is 1.61.